The van der Waals surface area contributed by atoms with Crippen LogP contribution in [0.1, 0.15) is 5.82 Å². The van der Waals surface area contributed by atoms with E-state index in [9.17, 15) is 8.42 Å². The summed E-state index contributed by atoms with van der Waals surface area (Å²) in [6, 6.07) is 7.21. The number of anilines is 1. The lowest BCUT2D eigenvalue weighted by atomic mass is 10.1. The van der Waals surface area contributed by atoms with Crippen molar-refractivity contribution >= 4 is 26.5 Å². The van der Waals surface area contributed by atoms with Gasteiger partial charge in [-0.15, -0.1) is 0 Å². The van der Waals surface area contributed by atoms with Crippen LogP contribution in [0.2, 0.25) is 0 Å². The molecule has 0 aliphatic rings. The Morgan fingerprint density at radius 3 is 2.80 bits per heavy atom. The van der Waals surface area contributed by atoms with Crippen LogP contribution in [0.5, 0.6) is 0 Å². The number of nitrogens with one attached hydrogen (secondary N) is 2. The van der Waals surface area contributed by atoms with Gasteiger partial charge in [0, 0.05) is 17.8 Å². The number of hydrogen-bond acceptors (Lipinski definition) is 4. The smallest absolute Gasteiger partial charge is 0.279 e. The van der Waals surface area contributed by atoms with Crippen LogP contribution in [0.25, 0.3) is 10.8 Å². The average Bonchev–Trinajstić information content (AvgIpc) is 2.86. The SMILES string of the molecule is Cc1ncc(S(=O)(=O)Nc2cccc3ccncc23)[nH]1. The molecule has 1 aromatic carbocycles. The summed E-state index contributed by atoms with van der Waals surface area (Å²) >= 11 is 0. The maximum Gasteiger partial charge on any atom is 0.279 e. The van der Waals surface area contributed by atoms with E-state index < -0.39 is 10.0 Å². The molecule has 7 heteroatoms. The van der Waals surface area contributed by atoms with E-state index in [1.807, 2.05) is 12.1 Å². The maximum atomic E-state index is 12.3. The number of sulfonamides is 1. The van der Waals surface area contributed by atoms with Gasteiger partial charge in [-0.3, -0.25) is 9.71 Å². The molecule has 0 amide bonds. The summed E-state index contributed by atoms with van der Waals surface area (Å²) in [7, 11) is -3.68. The number of aromatic amines is 1. The van der Waals surface area contributed by atoms with Crippen molar-refractivity contribution in [2.24, 2.45) is 0 Å². The number of hydrogen-bond donors (Lipinski definition) is 2. The molecule has 2 N–H and O–H groups in total. The van der Waals surface area contributed by atoms with Gasteiger partial charge in [0.25, 0.3) is 10.0 Å². The van der Waals surface area contributed by atoms with Gasteiger partial charge in [0.1, 0.15) is 5.82 Å². The fraction of sp³-hybridized carbons (Fsp3) is 0.0769. The molecule has 0 saturated heterocycles. The zero-order chi connectivity index (χ0) is 14.2. The second-order valence-electron chi connectivity index (χ2n) is 4.34. The summed E-state index contributed by atoms with van der Waals surface area (Å²) in [6.07, 6.45) is 4.59. The Balaban J connectivity index is 2.05. The molecule has 0 fully saturated rings. The molecule has 0 aliphatic carbocycles. The van der Waals surface area contributed by atoms with Crippen LogP contribution in [-0.2, 0) is 10.0 Å². The molecular formula is C13H12N4O2S. The van der Waals surface area contributed by atoms with E-state index in [1.54, 1.807) is 31.5 Å². The monoisotopic (exact) mass is 288 g/mol. The van der Waals surface area contributed by atoms with Crippen molar-refractivity contribution in [2.45, 2.75) is 11.9 Å². The summed E-state index contributed by atoms with van der Waals surface area (Å²) in [6.45, 7) is 1.70. The van der Waals surface area contributed by atoms with E-state index in [0.717, 1.165) is 10.8 Å². The van der Waals surface area contributed by atoms with Gasteiger partial charge in [-0.25, -0.2) is 4.98 Å². The van der Waals surface area contributed by atoms with Crippen molar-refractivity contribution in [3.63, 3.8) is 0 Å². The third kappa shape index (κ3) is 2.23. The van der Waals surface area contributed by atoms with Crippen LogP contribution in [0.15, 0.2) is 47.9 Å². The third-order valence-electron chi connectivity index (χ3n) is 2.90. The van der Waals surface area contributed by atoms with E-state index in [4.69, 9.17) is 0 Å². The van der Waals surface area contributed by atoms with Crippen molar-refractivity contribution in [2.75, 3.05) is 4.72 Å². The number of nitrogens with zero attached hydrogens (tertiary/aromatic N) is 2. The van der Waals surface area contributed by atoms with Crippen LogP contribution < -0.4 is 4.72 Å². The lowest BCUT2D eigenvalue weighted by Gasteiger charge is -2.08. The molecule has 0 unspecified atom stereocenters. The Morgan fingerprint density at radius 2 is 2.05 bits per heavy atom. The predicted molar refractivity (Wildman–Crippen MR) is 75.9 cm³/mol. The fourth-order valence-corrected chi connectivity index (χ4v) is 2.99. The molecule has 3 rings (SSSR count). The number of aryl methyl sites for hydroxylation is 1. The van der Waals surface area contributed by atoms with Gasteiger partial charge in [0.05, 0.1) is 11.9 Å². The number of rotatable bonds is 3. The number of H-pyrrole nitrogens is 1. The molecule has 0 atom stereocenters. The summed E-state index contributed by atoms with van der Waals surface area (Å²) in [5.74, 6) is 0.546. The predicted octanol–water partition coefficient (Wildman–Crippen LogP) is 2.07. The lowest BCUT2D eigenvalue weighted by molar-refractivity contribution is 0.598. The van der Waals surface area contributed by atoms with Crippen LogP contribution in [0.4, 0.5) is 5.69 Å². The molecule has 102 valence electrons. The standard InChI is InChI=1S/C13H12N4O2S/c1-9-15-8-13(16-9)20(18,19)17-12-4-2-3-10-5-6-14-7-11(10)12/h2-8,17H,1H3,(H,15,16). The van der Waals surface area contributed by atoms with Crippen molar-refractivity contribution < 1.29 is 8.42 Å². The van der Waals surface area contributed by atoms with Crippen molar-refractivity contribution in [3.8, 4) is 0 Å². The van der Waals surface area contributed by atoms with E-state index >= 15 is 0 Å². The fourth-order valence-electron chi connectivity index (χ4n) is 1.94. The molecule has 6 nitrogen and oxygen atoms in total. The van der Waals surface area contributed by atoms with Gasteiger partial charge < -0.3 is 4.98 Å². The highest BCUT2D eigenvalue weighted by Crippen LogP contribution is 2.24. The molecule has 0 saturated carbocycles. The zero-order valence-corrected chi connectivity index (χ0v) is 11.5. The van der Waals surface area contributed by atoms with Crippen LogP contribution >= 0.6 is 0 Å². The third-order valence-corrected chi connectivity index (χ3v) is 4.17. The summed E-state index contributed by atoms with van der Waals surface area (Å²) in [4.78, 5) is 10.6. The Labute approximate surface area is 115 Å². The second-order valence-corrected chi connectivity index (χ2v) is 5.99. The zero-order valence-electron chi connectivity index (χ0n) is 10.7. The summed E-state index contributed by atoms with van der Waals surface area (Å²) in [5, 5.41) is 1.70. The van der Waals surface area contributed by atoms with Crippen molar-refractivity contribution in [1.29, 1.82) is 0 Å². The minimum atomic E-state index is -3.68. The number of fused-ring (bicyclic) bond motifs is 1. The first-order chi connectivity index (χ1) is 9.56. The minimum Gasteiger partial charge on any atom is -0.332 e. The summed E-state index contributed by atoms with van der Waals surface area (Å²) in [5.41, 5.74) is 0.489. The largest absolute Gasteiger partial charge is 0.332 e. The maximum absolute atomic E-state index is 12.3. The van der Waals surface area contributed by atoms with E-state index in [2.05, 4.69) is 19.7 Å². The average molecular weight is 288 g/mol. The Bertz CT molecular complexity index is 865. The van der Waals surface area contributed by atoms with Gasteiger partial charge in [-0.05, 0) is 24.4 Å². The molecule has 0 aliphatic heterocycles. The Morgan fingerprint density at radius 1 is 1.20 bits per heavy atom. The lowest BCUT2D eigenvalue weighted by Crippen LogP contribution is -2.13. The molecule has 2 heterocycles. The quantitative estimate of drug-likeness (QED) is 0.772. The van der Waals surface area contributed by atoms with E-state index in [-0.39, 0.29) is 5.03 Å². The number of pyridine rings is 1. The summed E-state index contributed by atoms with van der Waals surface area (Å²) < 4.78 is 27.1. The van der Waals surface area contributed by atoms with Gasteiger partial charge >= 0.3 is 0 Å². The van der Waals surface area contributed by atoms with Gasteiger partial charge in [0.2, 0.25) is 0 Å². The molecule has 2 aromatic heterocycles. The first kappa shape index (κ1) is 12.6. The molecule has 20 heavy (non-hydrogen) atoms. The van der Waals surface area contributed by atoms with Crippen molar-refractivity contribution in [3.05, 3.63) is 48.7 Å². The number of imidazole rings is 1. The van der Waals surface area contributed by atoms with Crippen LogP contribution in [0.3, 0.4) is 0 Å². The Hall–Kier alpha value is -2.41. The van der Waals surface area contributed by atoms with Crippen LogP contribution in [-0.4, -0.2) is 23.4 Å². The molecular weight excluding hydrogens is 276 g/mol. The van der Waals surface area contributed by atoms with Crippen molar-refractivity contribution in [1.82, 2.24) is 15.0 Å². The second kappa shape index (κ2) is 4.61. The highest BCUT2D eigenvalue weighted by Gasteiger charge is 2.17. The van der Waals surface area contributed by atoms with Gasteiger partial charge in [-0.2, -0.15) is 8.42 Å². The minimum absolute atomic E-state index is 0.0379. The normalized spacial score (nSPS) is 11.7. The topological polar surface area (TPSA) is 87.7 Å². The number of aromatic nitrogens is 3. The first-order valence-electron chi connectivity index (χ1n) is 5.93. The Kier molecular flexibility index (Phi) is 2.90. The molecule has 0 bridgehead atoms. The molecule has 0 radical (unpaired) electrons. The van der Waals surface area contributed by atoms with Crippen LogP contribution in [0, 0.1) is 6.92 Å². The van der Waals surface area contributed by atoms with E-state index in [1.165, 1.54) is 6.20 Å². The molecule has 0 spiro atoms. The molecule has 3 aromatic rings. The van der Waals surface area contributed by atoms with E-state index in [0.29, 0.717) is 11.5 Å². The van der Waals surface area contributed by atoms with Gasteiger partial charge in [-0.1, -0.05) is 12.1 Å². The highest BCUT2D eigenvalue weighted by atomic mass is 32.2. The first-order valence-corrected chi connectivity index (χ1v) is 7.42. The van der Waals surface area contributed by atoms with Gasteiger partial charge in [0.15, 0.2) is 5.03 Å². The highest BCUT2D eigenvalue weighted by molar-refractivity contribution is 7.92. The number of benzene rings is 1.